The van der Waals surface area contributed by atoms with Crippen LogP contribution in [0.25, 0.3) is 0 Å². The van der Waals surface area contributed by atoms with Crippen molar-refractivity contribution in [3.05, 3.63) is 10.6 Å². The summed E-state index contributed by atoms with van der Waals surface area (Å²) in [7, 11) is 0. The number of hydrogen-bond donors (Lipinski definition) is 2. The van der Waals surface area contributed by atoms with Gasteiger partial charge in [0.15, 0.2) is 4.34 Å². The predicted octanol–water partition coefficient (Wildman–Crippen LogP) is 1.94. The first-order valence-electron chi connectivity index (χ1n) is 5.96. The second kappa shape index (κ2) is 7.49. The number of carboxylic acids is 1. The minimum atomic E-state index is -0.863. The van der Waals surface area contributed by atoms with Crippen LogP contribution in [0, 0.1) is 12.8 Å². The molecular weight excluding hydrogens is 284 g/mol. The third-order valence-corrected chi connectivity index (χ3v) is 4.52. The number of carbonyl (C=O) groups is 2. The van der Waals surface area contributed by atoms with E-state index in [0.29, 0.717) is 18.2 Å². The maximum atomic E-state index is 11.5. The van der Waals surface area contributed by atoms with E-state index in [4.69, 9.17) is 5.11 Å². The van der Waals surface area contributed by atoms with E-state index in [-0.39, 0.29) is 12.3 Å². The molecule has 106 valence electrons. The first kappa shape index (κ1) is 16.0. The summed E-state index contributed by atoms with van der Waals surface area (Å²) in [5, 5.41) is 11.6. The van der Waals surface area contributed by atoms with Gasteiger partial charge in [-0.05, 0) is 12.8 Å². The van der Waals surface area contributed by atoms with E-state index < -0.39 is 5.97 Å². The molecule has 19 heavy (non-hydrogen) atoms. The van der Waals surface area contributed by atoms with Crippen molar-refractivity contribution in [2.45, 2.75) is 31.5 Å². The second-order valence-electron chi connectivity index (χ2n) is 4.55. The third kappa shape index (κ3) is 6.07. The highest BCUT2D eigenvalue weighted by molar-refractivity contribution is 8.01. The van der Waals surface area contributed by atoms with E-state index in [2.05, 4.69) is 10.3 Å². The number of amides is 1. The Bertz CT molecular complexity index is 458. The number of nitrogens with one attached hydrogen (secondary N) is 1. The van der Waals surface area contributed by atoms with Gasteiger partial charge in [-0.3, -0.25) is 9.59 Å². The van der Waals surface area contributed by atoms with E-state index in [9.17, 15) is 9.59 Å². The van der Waals surface area contributed by atoms with Gasteiger partial charge in [-0.1, -0.05) is 25.6 Å². The molecule has 1 amide bonds. The first-order chi connectivity index (χ1) is 8.88. The SMILES string of the molecule is Cc1nc(SCC(=O)NCC(C)C)sc1CC(=O)O. The van der Waals surface area contributed by atoms with Gasteiger partial charge in [0.1, 0.15) is 0 Å². The van der Waals surface area contributed by atoms with Gasteiger partial charge in [-0.2, -0.15) is 0 Å². The number of thioether (sulfide) groups is 1. The van der Waals surface area contributed by atoms with Crippen molar-refractivity contribution in [2.24, 2.45) is 5.92 Å². The zero-order valence-electron chi connectivity index (χ0n) is 11.2. The Labute approximate surface area is 120 Å². The lowest BCUT2D eigenvalue weighted by atomic mass is 10.2. The quantitative estimate of drug-likeness (QED) is 0.753. The number of rotatable bonds is 7. The van der Waals surface area contributed by atoms with Crippen LogP contribution in [0.2, 0.25) is 0 Å². The van der Waals surface area contributed by atoms with Crippen molar-refractivity contribution in [1.29, 1.82) is 0 Å². The molecule has 0 unspecified atom stereocenters. The molecule has 0 spiro atoms. The number of aromatic nitrogens is 1. The van der Waals surface area contributed by atoms with Crippen LogP contribution >= 0.6 is 23.1 Å². The van der Waals surface area contributed by atoms with E-state index in [1.807, 2.05) is 13.8 Å². The molecule has 0 aliphatic heterocycles. The lowest BCUT2D eigenvalue weighted by Gasteiger charge is -2.06. The Kier molecular flexibility index (Phi) is 6.30. The van der Waals surface area contributed by atoms with Crippen molar-refractivity contribution < 1.29 is 14.7 Å². The van der Waals surface area contributed by atoms with Crippen molar-refractivity contribution >= 4 is 35.0 Å². The number of aliphatic carboxylic acids is 1. The van der Waals surface area contributed by atoms with Crippen LogP contribution < -0.4 is 5.32 Å². The Hall–Kier alpha value is -1.08. The van der Waals surface area contributed by atoms with Crippen LogP contribution in [0.4, 0.5) is 0 Å². The standard InChI is InChI=1S/C12H18N2O3S2/c1-7(2)5-13-10(15)6-18-12-14-8(3)9(19-12)4-11(16)17/h7H,4-6H2,1-3H3,(H,13,15)(H,16,17). The van der Waals surface area contributed by atoms with Gasteiger partial charge < -0.3 is 10.4 Å². The number of carboxylic acid groups (broad SMARTS) is 1. The van der Waals surface area contributed by atoms with Crippen LogP contribution in [0.15, 0.2) is 4.34 Å². The molecule has 0 saturated heterocycles. The Balaban J connectivity index is 2.45. The Morgan fingerprint density at radius 3 is 2.74 bits per heavy atom. The van der Waals surface area contributed by atoms with Crippen molar-refractivity contribution in [2.75, 3.05) is 12.3 Å². The van der Waals surface area contributed by atoms with E-state index in [0.717, 1.165) is 14.9 Å². The lowest BCUT2D eigenvalue weighted by molar-refractivity contribution is -0.136. The van der Waals surface area contributed by atoms with Gasteiger partial charge in [0, 0.05) is 11.4 Å². The van der Waals surface area contributed by atoms with Crippen LogP contribution in [0.3, 0.4) is 0 Å². The number of thiazole rings is 1. The fourth-order valence-corrected chi connectivity index (χ4v) is 3.32. The number of nitrogens with zero attached hydrogens (tertiary/aromatic N) is 1. The van der Waals surface area contributed by atoms with E-state index in [1.165, 1.54) is 23.1 Å². The topological polar surface area (TPSA) is 79.3 Å². The van der Waals surface area contributed by atoms with Gasteiger partial charge in [-0.15, -0.1) is 11.3 Å². The van der Waals surface area contributed by atoms with Gasteiger partial charge in [0.05, 0.1) is 17.9 Å². The molecule has 0 aliphatic carbocycles. The van der Waals surface area contributed by atoms with Gasteiger partial charge >= 0.3 is 5.97 Å². The summed E-state index contributed by atoms with van der Waals surface area (Å²) < 4.78 is 0.744. The van der Waals surface area contributed by atoms with Gasteiger partial charge in [0.25, 0.3) is 0 Å². The molecule has 0 aliphatic rings. The molecular formula is C12H18N2O3S2. The zero-order valence-corrected chi connectivity index (χ0v) is 12.9. The number of hydrogen-bond acceptors (Lipinski definition) is 5. The summed E-state index contributed by atoms with van der Waals surface area (Å²) in [6, 6.07) is 0. The highest BCUT2D eigenvalue weighted by atomic mass is 32.2. The summed E-state index contributed by atoms with van der Waals surface area (Å²) in [4.78, 5) is 27.2. The number of carbonyl (C=O) groups excluding carboxylic acids is 1. The Morgan fingerprint density at radius 1 is 1.47 bits per heavy atom. The summed E-state index contributed by atoms with van der Waals surface area (Å²) in [5.41, 5.74) is 0.734. The monoisotopic (exact) mass is 302 g/mol. The summed E-state index contributed by atoms with van der Waals surface area (Å²) in [5.74, 6) is -0.144. The number of aryl methyl sites for hydroxylation is 1. The lowest BCUT2D eigenvalue weighted by Crippen LogP contribution is -2.28. The summed E-state index contributed by atoms with van der Waals surface area (Å²) in [6.07, 6.45) is -0.0103. The molecule has 0 bridgehead atoms. The molecule has 0 aromatic carbocycles. The molecule has 2 N–H and O–H groups in total. The molecule has 0 atom stereocenters. The van der Waals surface area contributed by atoms with Gasteiger partial charge in [0.2, 0.25) is 5.91 Å². The average Bonchev–Trinajstić information content (AvgIpc) is 2.64. The highest BCUT2D eigenvalue weighted by Gasteiger charge is 2.12. The van der Waals surface area contributed by atoms with Crippen molar-refractivity contribution in [1.82, 2.24) is 10.3 Å². The molecule has 0 radical (unpaired) electrons. The molecule has 1 aromatic rings. The van der Waals surface area contributed by atoms with Gasteiger partial charge in [-0.25, -0.2) is 4.98 Å². The molecule has 7 heteroatoms. The summed E-state index contributed by atoms with van der Waals surface area (Å²) in [6.45, 7) is 6.53. The Morgan fingerprint density at radius 2 is 2.16 bits per heavy atom. The van der Waals surface area contributed by atoms with Crippen LogP contribution in [0.5, 0.6) is 0 Å². The zero-order chi connectivity index (χ0) is 14.4. The van der Waals surface area contributed by atoms with Crippen molar-refractivity contribution in [3.8, 4) is 0 Å². The minimum absolute atomic E-state index is 0.0103. The van der Waals surface area contributed by atoms with E-state index in [1.54, 1.807) is 6.92 Å². The summed E-state index contributed by atoms with van der Waals surface area (Å²) >= 11 is 2.69. The smallest absolute Gasteiger partial charge is 0.308 e. The molecule has 1 aromatic heterocycles. The fraction of sp³-hybridized carbons (Fsp3) is 0.583. The fourth-order valence-electron chi connectivity index (χ4n) is 1.26. The first-order valence-corrected chi connectivity index (χ1v) is 7.76. The molecule has 1 rings (SSSR count). The third-order valence-electron chi connectivity index (χ3n) is 2.22. The van der Waals surface area contributed by atoms with Crippen LogP contribution in [-0.4, -0.2) is 34.3 Å². The minimum Gasteiger partial charge on any atom is -0.481 e. The normalized spacial score (nSPS) is 10.7. The average molecular weight is 302 g/mol. The van der Waals surface area contributed by atoms with Crippen molar-refractivity contribution in [3.63, 3.8) is 0 Å². The maximum Gasteiger partial charge on any atom is 0.308 e. The maximum absolute atomic E-state index is 11.5. The van der Waals surface area contributed by atoms with E-state index >= 15 is 0 Å². The predicted molar refractivity (Wildman–Crippen MR) is 76.8 cm³/mol. The molecule has 0 fully saturated rings. The largest absolute Gasteiger partial charge is 0.481 e. The highest BCUT2D eigenvalue weighted by Crippen LogP contribution is 2.27. The van der Waals surface area contributed by atoms with Crippen LogP contribution in [-0.2, 0) is 16.0 Å². The molecule has 1 heterocycles. The molecule has 0 saturated carbocycles. The second-order valence-corrected chi connectivity index (χ2v) is 6.85. The van der Waals surface area contributed by atoms with Crippen LogP contribution in [0.1, 0.15) is 24.4 Å². The molecule has 5 nitrogen and oxygen atoms in total.